The SMILES string of the molecule is CC1(C)C(CNS(=O)(=O)c2ccc(-c3ncco3)c(F)c2)=CN=C1C(O)c1cccc(Br)c1. The summed E-state index contributed by atoms with van der Waals surface area (Å²) in [5.41, 5.74) is 1.24. The number of rotatable bonds is 7. The molecular weight excluding hydrogens is 513 g/mol. The number of sulfonamides is 1. The summed E-state index contributed by atoms with van der Waals surface area (Å²) in [5, 5.41) is 10.9. The number of oxazole rings is 1. The second kappa shape index (κ2) is 8.94. The second-order valence-corrected chi connectivity index (χ2v) is 10.7. The van der Waals surface area contributed by atoms with Crippen molar-refractivity contribution in [1.29, 1.82) is 0 Å². The van der Waals surface area contributed by atoms with Crippen LogP contribution in [0.3, 0.4) is 0 Å². The van der Waals surface area contributed by atoms with Gasteiger partial charge in [-0.25, -0.2) is 22.5 Å². The Hall–Kier alpha value is -2.66. The molecule has 0 amide bonds. The van der Waals surface area contributed by atoms with Crippen molar-refractivity contribution in [2.45, 2.75) is 24.8 Å². The van der Waals surface area contributed by atoms with E-state index in [2.05, 4.69) is 30.6 Å². The van der Waals surface area contributed by atoms with E-state index in [4.69, 9.17) is 4.42 Å². The van der Waals surface area contributed by atoms with Crippen molar-refractivity contribution >= 4 is 31.7 Å². The fourth-order valence-electron chi connectivity index (χ4n) is 3.60. The molecule has 1 unspecified atom stereocenters. The van der Waals surface area contributed by atoms with Gasteiger partial charge >= 0.3 is 0 Å². The molecule has 2 heterocycles. The summed E-state index contributed by atoms with van der Waals surface area (Å²) in [5.74, 6) is -0.695. The minimum Gasteiger partial charge on any atom is -0.444 e. The maximum atomic E-state index is 14.5. The Morgan fingerprint density at radius 3 is 2.70 bits per heavy atom. The van der Waals surface area contributed by atoms with Gasteiger partial charge in [-0.05, 0) is 41.5 Å². The van der Waals surface area contributed by atoms with E-state index in [1.807, 2.05) is 26.0 Å². The molecule has 1 aliphatic heterocycles. The predicted molar refractivity (Wildman–Crippen MR) is 125 cm³/mol. The lowest BCUT2D eigenvalue weighted by Crippen LogP contribution is -2.35. The van der Waals surface area contributed by atoms with Crippen LogP contribution in [0.15, 0.2) is 85.5 Å². The molecule has 33 heavy (non-hydrogen) atoms. The summed E-state index contributed by atoms with van der Waals surface area (Å²) in [6.45, 7) is 3.69. The Kier molecular flexibility index (Phi) is 6.37. The molecule has 172 valence electrons. The van der Waals surface area contributed by atoms with Crippen LogP contribution in [0.2, 0.25) is 0 Å². The van der Waals surface area contributed by atoms with E-state index in [-0.39, 0.29) is 22.9 Å². The first-order valence-corrected chi connectivity index (χ1v) is 12.3. The van der Waals surface area contributed by atoms with Crippen LogP contribution in [0.1, 0.15) is 25.5 Å². The van der Waals surface area contributed by atoms with Gasteiger partial charge in [0, 0.05) is 22.6 Å². The van der Waals surface area contributed by atoms with Crippen LogP contribution in [0.25, 0.3) is 11.5 Å². The minimum atomic E-state index is -4.00. The molecule has 1 aromatic heterocycles. The highest BCUT2D eigenvalue weighted by atomic mass is 79.9. The molecule has 2 N–H and O–H groups in total. The molecule has 0 saturated carbocycles. The summed E-state index contributed by atoms with van der Waals surface area (Å²) in [7, 11) is -4.00. The number of benzene rings is 2. The summed E-state index contributed by atoms with van der Waals surface area (Å²) < 4.78 is 48.5. The van der Waals surface area contributed by atoms with Gasteiger partial charge in [0.2, 0.25) is 15.9 Å². The molecule has 10 heteroatoms. The molecule has 1 aliphatic rings. The number of nitrogens with one attached hydrogen (secondary N) is 1. The van der Waals surface area contributed by atoms with Gasteiger partial charge < -0.3 is 9.52 Å². The predicted octanol–water partition coefficient (Wildman–Crippen LogP) is 4.62. The van der Waals surface area contributed by atoms with E-state index in [9.17, 15) is 17.9 Å². The van der Waals surface area contributed by atoms with Crippen LogP contribution in [0.4, 0.5) is 4.39 Å². The highest BCUT2D eigenvalue weighted by Crippen LogP contribution is 2.38. The average molecular weight is 534 g/mol. The van der Waals surface area contributed by atoms with Gasteiger partial charge in [0.05, 0.1) is 22.4 Å². The smallest absolute Gasteiger partial charge is 0.240 e. The third-order valence-corrected chi connectivity index (χ3v) is 7.48. The number of hydrogen-bond donors (Lipinski definition) is 2. The van der Waals surface area contributed by atoms with Crippen LogP contribution in [-0.4, -0.2) is 30.8 Å². The van der Waals surface area contributed by atoms with Gasteiger partial charge in [-0.1, -0.05) is 41.9 Å². The summed E-state index contributed by atoms with van der Waals surface area (Å²) >= 11 is 3.39. The van der Waals surface area contributed by atoms with E-state index >= 15 is 0 Å². The van der Waals surface area contributed by atoms with Crippen molar-refractivity contribution in [2.75, 3.05) is 6.54 Å². The minimum absolute atomic E-state index is 0.0450. The first-order valence-electron chi connectivity index (χ1n) is 10.00. The van der Waals surface area contributed by atoms with Crippen LogP contribution in [0.5, 0.6) is 0 Å². The Labute approximate surface area is 199 Å². The molecule has 0 bridgehead atoms. The number of aliphatic hydroxyl groups is 1. The summed E-state index contributed by atoms with van der Waals surface area (Å²) in [6, 6.07) is 10.8. The quantitative estimate of drug-likeness (QED) is 0.461. The first-order chi connectivity index (χ1) is 15.6. The van der Waals surface area contributed by atoms with Crippen molar-refractivity contribution < 1.29 is 22.3 Å². The fourth-order valence-corrected chi connectivity index (χ4v) is 5.03. The highest BCUT2D eigenvalue weighted by Gasteiger charge is 2.38. The van der Waals surface area contributed by atoms with E-state index < -0.39 is 27.4 Å². The van der Waals surface area contributed by atoms with Crippen LogP contribution in [-0.2, 0) is 10.0 Å². The standard InChI is InChI=1S/C23H21BrFN3O4S/c1-23(2)15(12-27-21(23)20(29)14-4-3-5-16(24)10-14)13-28-33(30,31)17-6-7-18(19(25)11-17)22-26-8-9-32-22/h3-12,20,28-29H,13H2,1-2H3. The molecule has 0 saturated heterocycles. The van der Waals surface area contributed by atoms with Crippen molar-refractivity contribution in [3.8, 4) is 11.5 Å². The molecule has 0 spiro atoms. The normalized spacial score (nSPS) is 16.4. The van der Waals surface area contributed by atoms with Crippen molar-refractivity contribution in [2.24, 2.45) is 10.4 Å². The van der Waals surface area contributed by atoms with Crippen molar-refractivity contribution in [3.05, 3.63) is 82.6 Å². The Bertz CT molecular complexity index is 1350. The Morgan fingerprint density at radius 2 is 2.03 bits per heavy atom. The zero-order valence-corrected chi connectivity index (χ0v) is 20.2. The average Bonchev–Trinajstić information content (AvgIpc) is 3.39. The number of aromatic nitrogens is 1. The maximum absolute atomic E-state index is 14.5. The number of aliphatic imine (C=N–C) groups is 1. The fraction of sp³-hybridized carbons (Fsp3) is 0.217. The van der Waals surface area contributed by atoms with E-state index in [0.717, 1.165) is 10.5 Å². The third-order valence-electron chi connectivity index (χ3n) is 5.59. The van der Waals surface area contributed by atoms with Gasteiger partial charge in [-0.15, -0.1) is 0 Å². The maximum Gasteiger partial charge on any atom is 0.240 e. The first kappa shape index (κ1) is 23.5. The molecule has 0 fully saturated rings. The Morgan fingerprint density at radius 1 is 1.24 bits per heavy atom. The lowest BCUT2D eigenvalue weighted by Gasteiger charge is -2.28. The van der Waals surface area contributed by atoms with Crippen molar-refractivity contribution in [1.82, 2.24) is 9.71 Å². The topological polar surface area (TPSA) is 105 Å². The van der Waals surface area contributed by atoms with Crippen LogP contribution in [0, 0.1) is 11.2 Å². The molecular formula is C23H21BrFN3O4S. The number of hydrogen-bond acceptors (Lipinski definition) is 6. The van der Waals surface area contributed by atoms with Gasteiger partial charge in [-0.2, -0.15) is 0 Å². The van der Waals surface area contributed by atoms with Gasteiger partial charge in [0.15, 0.2) is 0 Å². The van der Waals surface area contributed by atoms with Gasteiger partial charge in [0.25, 0.3) is 0 Å². The largest absolute Gasteiger partial charge is 0.444 e. The van der Waals surface area contributed by atoms with Gasteiger partial charge in [-0.3, -0.25) is 4.99 Å². The molecule has 7 nitrogen and oxygen atoms in total. The molecule has 3 aromatic rings. The molecule has 0 radical (unpaired) electrons. The van der Waals surface area contributed by atoms with Crippen molar-refractivity contribution in [3.63, 3.8) is 0 Å². The zero-order valence-electron chi connectivity index (χ0n) is 17.8. The summed E-state index contributed by atoms with van der Waals surface area (Å²) in [4.78, 5) is 8.04. The Balaban J connectivity index is 1.47. The third kappa shape index (κ3) is 4.70. The van der Waals surface area contributed by atoms with Crippen LogP contribution >= 0.6 is 15.9 Å². The highest BCUT2D eigenvalue weighted by molar-refractivity contribution is 9.10. The lowest BCUT2D eigenvalue weighted by molar-refractivity contribution is 0.237. The van der Waals surface area contributed by atoms with E-state index in [1.165, 1.54) is 24.6 Å². The van der Waals surface area contributed by atoms with Gasteiger partial charge in [0.1, 0.15) is 18.2 Å². The second-order valence-electron chi connectivity index (χ2n) is 8.05. The number of halogens is 2. The molecule has 0 aliphatic carbocycles. The monoisotopic (exact) mass is 533 g/mol. The molecule has 4 rings (SSSR count). The molecule has 2 aromatic carbocycles. The number of nitrogens with zero attached hydrogens (tertiary/aromatic N) is 2. The lowest BCUT2D eigenvalue weighted by atomic mass is 9.78. The number of aliphatic hydroxyl groups excluding tert-OH is 1. The van der Waals surface area contributed by atoms with Crippen LogP contribution < -0.4 is 4.72 Å². The summed E-state index contributed by atoms with van der Waals surface area (Å²) in [6.07, 6.45) is 3.30. The van der Waals surface area contributed by atoms with E-state index in [0.29, 0.717) is 16.8 Å². The van der Waals surface area contributed by atoms with E-state index in [1.54, 1.807) is 18.3 Å². The molecule has 1 atom stereocenters. The zero-order chi connectivity index (χ0) is 23.8.